The van der Waals surface area contributed by atoms with E-state index in [0.29, 0.717) is 0 Å². The van der Waals surface area contributed by atoms with Gasteiger partial charge in [0.1, 0.15) is 5.82 Å². The van der Waals surface area contributed by atoms with Crippen LogP contribution in [0.2, 0.25) is 0 Å². The van der Waals surface area contributed by atoms with E-state index in [4.69, 9.17) is 9.84 Å². The van der Waals surface area contributed by atoms with Gasteiger partial charge in [0, 0.05) is 24.9 Å². The topological polar surface area (TPSA) is 54.4 Å². The minimum absolute atomic E-state index is 0.0126. The molecule has 0 aromatic carbocycles. The number of rotatable bonds is 7. The normalized spacial score (nSPS) is 10.8. The summed E-state index contributed by atoms with van der Waals surface area (Å²) in [6, 6.07) is 3.68. The maximum absolute atomic E-state index is 9.09. The Hall–Kier alpha value is -1.13. The van der Waals surface area contributed by atoms with Crippen molar-refractivity contribution in [2.45, 2.75) is 33.0 Å². The first-order valence-electron chi connectivity index (χ1n) is 5.64. The van der Waals surface area contributed by atoms with Crippen LogP contribution in [-0.2, 0) is 11.3 Å². The molecule has 0 radical (unpaired) electrons. The van der Waals surface area contributed by atoms with E-state index in [0.717, 1.165) is 31.0 Å². The van der Waals surface area contributed by atoms with Gasteiger partial charge in [0.15, 0.2) is 0 Å². The number of hydrogen-bond acceptors (Lipinski definition) is 4. The van der Waals surface area contributed by atoms with Crippen LogP contribution >= 0.6 is 0 Å². The van der Waals surface area contributed by atoms with E-state index in [2.05, 4.69) is 10.3 Å². The fourth-order valence-electron chi connectivity index (χ4n) is 1.32. The number of anilines is 1. The van der Waals surface area contributed by atoms with E-state index < -0.39 is 0 Å². The van der Waals surface area contributed by atoms with Gasteiger partial charge in [-0.05, 0) is 26.3 Å². The number of aliphatic hydroxyl groups is 1. The van der Waals surface area contributed by atoms with E-state index in [-0.39, 0.29) is 12.7 Å². The van der Waals surface area contributed by atoms with Gasteiger partial charge in [0.25, 0.3) is 0 Å². The Kier molecular flexibility index (Phi) is 5.82. The number of nitrogens with one attached hydrogen (secondary N) is 1. The fraction of sp³-hybridized carbons (Fsp3) is 0.583. The molecule has 1 heterocycles. The van der Waals surface area contributed by atoms with Crippen molar-refractivity contribution in [2.24, 2.45) is 0 Å². The van der Waals surface area contributed by atoms with Crippen LogP contribution in [0.15, 0.2) is 18.3 Å². The van der Waals surface area contributed by atoms with Crippen molar-refractivity contribution >= 4 is 5.82 Å². The lowest BCUT2D eigenvalue weighted by Gasteiger charge is -2.10. The second-order valence-corrected chi connectivity index (χ2v) is 3.87. The summed E-state index contributed by atoms with van der Waals surface area (Å²) in [5.74, 6) is 0.759. The summed E-state index contributed by atoms with van der Waals surface area (Å²) in [5.41, 5.74) is 0.826. The molecule has 1 rings (SSSR count). The van der Waals surface area contributed by atoms with Gasteiger partial charge < -0.3 is 15.2 Å². The van der Waals surface area contributed by atoms with Gasteiger partial charge in [-0.15, -0.1) is 0 Å². The molecule has 90 valence electrons. The van der Waals surface area contributed by atoms with Crippen LogP contribution in [0.25, 0.3) is 0 Å². The van der Waals surface area contributed by atoms with Crippen LogP contribution in [0, 0.1) is 0 Å². The Labute approximate surface area is 96.7 Å². The zero-order valence-corrected chi connectivity index (χ0v) is 9.94. The molecule has 0 saturated heterocycles. The molecule has 4 heteroatoms. The number of ether oxygens (including phenoxy) is 1. The molecule has 0 atom stereocenters. The van der Waals surface area contributed by atoms with Crippen LogP contribution in [-0.4, -0.2) is 29.3 Å². The first-order valence-corrected chi connectivity index (χ1v) is 5.64. The van der Waals surface area contributed by atoms with Crippen LogP contribution < -0.4 is 5.32 Å². The molecule has 1 aromatic rings. The van der Waals surface area contributed by atoms with Crippen molar-refractivity contribution < 1.29 is 9.84 Å². The number of hydrogen-bond donors (Lipinski definition) is 2. The molecule has 0 amide bonds. The van der Waals surface area contributed by atoms with Crippen molar-refractivity contribution in [3.63, 3.8) is 0 Å². The highest BCUT2D eigenvalue weighted by Gasteiger charge is 2.00. The SMILES string of the molecule is CC(C)OCCCNc1ncccc1CO. The highest BCUT2D eigenvalue weighted by Crippen LogP contribution is 2.10. The second-order valence-electron chi connectivity index (χ2n) is 3.87. The summed E-state index contributed by atoms with van der Waals surface area (Å²) >= 11 is 0. The molecule has 1 aromatic heterocycles. The first kappa shape index (κ1) is 12.9. The van der Waals surface area contributed by atoms with Gasteiger partial charge >= 0.3 is 0 Å². The van der Waals surface area contributed by atoms with Crippen LogP contribution in [0.5, 0.6) is 0 Å². The molecule has 0 bridgehead atoms. The summed E-state index contributed by atoms with van der Waals surface area (Å²) in [7, 11) is 0. The molecule has 0 saturated carbocycles. The fourth-order valence-corrected chi connectivity index (χ4v) is 1.32. The first-order chi connectivity index (χ1) is 7.74. The lowest BCUT2D eigenvalue weighted by atomic mass is 10.2. The molecule has 0 spiro atoms. The third-order valence-electron chi connectivity index (χ3n) is 2.13. The minimum Gasteiger partial charge on any atom is -0.392 e. The predicted octanol–water partition coefficient (Wildman–Crippen LogP) is 1.80. The van der Waals surface area contributed by atoms with Gasteiger partial charge in [-0.1, -0.05) is 6.07 Å². The molecule has 0 aliphatic heterocycles. The Bertz CT molecular complexity index is 303. The van der Waals surface area contributed by atoms with E-state index in [1.165, 1.54) is 0 Å². The zero-order chi connectivity index (χ0) is 11.8. The van der Waals surface area contributed by atoms with Gasteiger partial charge in [0.2, 0.25) is 0 Å². The largest absolute Gasteiger partial charge is 0.392 e. The van der Waals surface area contributed by atoms with E-state index >= 15 is 0 Å². The molecule has 16 heavy (non-hydrogen) atoms. The molecule has 0 aliphatic carbocycles. The standard InChI is InChI=1S/C12H20N2O2/c1-10(2)16-8-4-7-14-12-11(9-15)5-3-6-13-12/h3,5-6,10,15H,4,7-9H2,1-2H3,(H,13,14). The van der Waals surface area contributed by atoms with Crippen molar-refractivity contribution in [1.29, 1.82) is 0 Å². The van der Waals surface area contributed by atoms with Crippen molar-refractivity contribution in [3.05, 3.63) is 23.9 Å². The number of aliphatic hydroxyl groups excluding tert-OH is 1. The molecular formula is C12H20N2O2. The Morgan fingerprint density at radius 3 is 3.00 bits per heavy atom. The van der Waals surface area contributed by atoms with E-state index in [9.17, 15) is 0 Å². The van der Waals surface area contributed by atoms with Crippen LogP contribution in [0.4, 0.5) is 5.82 Å². The smallest absolute Gasteiger partial charge is 0.131 e. The molecule has 0 aliphatic rings. The molecular weight excluding hydrogens is 204 g/mol. The molecule has 2 N–H and O–H groups in total. The highest BCUT2D eigenvalue weighted by atomic mass is 16.5. The van der Waals surface area contributed by atoms with Crippen LogP contribution in [0.1, 0.15) is 25.8 Å². The van der Waals surface area contributed by atoms with E-state index in [1.807, 2.05) is 26.0 Å². The summed E-state index contributed by atoms with van der Waals surface area (Å²) in [6.07, 6.45) is 2.92. The van der Waals surface area contributed by atoms with Crippen molar-refractivity contribution in [1.82, 2.24) is 4.98 Å². The summed E-state index contributed by atoms with van der Waals surface area (Å²) < 4.78 is 5.43. The number of pyridine rings is 1. The zero-order valence-electron chi connectivity index (χ0n) is 9.94. The average molecular weight is 224 g/mol. The van der Waals surface area contributed by atoms with Crippen molar-refractivity contribution in [3.8, 4) is 0 Å². The third kappa shape index (κ3) is 4.59. The van der Waals surface area contributed by atoms with Crippen LogP contribution in [0.3, 0.4) is 0 Å². The maximum Gasteiger partial charge on any atom is 0.131 e. The van der Waals surface area contributed by atoms with Gasteiger partial charge in [-0.2, -0.15) is 0 Å². The summed E-state index contributed by atoms with van der Waals surface area (Å²) in [4.78, 5) is 4.17. The highest BCUT2D eigenvalue weighted by molar-refractivity contribution is 5.42. The minimum atomic E-state index is 0.0126. The Morgan fingerprint density at radius 1 is 1.50 bits per heavy atom. The summed E-state index contributed by atoms with van der Waals surface area (Å²) in [5, 5.41) is 12.3. The van der Waals surface area contributed by atoms with Gasteiger partial charge in [0.05, 0.1) is 12.7 Å². The third-order valence-corrected chi connectivity index (χ3v) is 2.13. The summed E-state index contributed by atoms with van der Waals surface area (Å²) in [6.45, 7) is 5.60. The number of nitrogens with zero attached hydrogens (tertiary/aromatic N) is 1. The predicted molar refractivity (Wildman–Crippen MR) is 64.4 cm³/mol. The Balaban J connectivity index is 2.26. The lowest BCUT2D eigenvalue weighted by molar-refractivity contribution is 0.0787. The van der Waals surface area contributed by atoms with Crippen molar-refractivity contribution in [2.75, 3.05) is 18.5 Å². The van der Waals surface area contributed by atoms with E-state index in [1.54, 1.807) is 6.20 Å². The van der Waals surface area contributed by atoms with Gasteiger partial charge in [-0.25, -0.2) is 4.98 Å². The quantitative estimate of drug-likeness (QED) is 0.693. The second kappa shape index (κ2) is 7.19. The molecule has 4 nitrogen and oxygen atoms in total. The number of aromatic nitrogens is 1. The maximum atomic E-state index is 9.09. The lowest BCUT2D eigenvalue weighted by Crippen LogP contribution is -2.11. The molecule has 0 unspecified atom stereocenters. The molecule has 0 fully saturated rings. The monoisotopic (exact) mass is 224 g/mol. The van der Waals surface area contributed by atoms with Gasteiger partial charge in [-0.3, -0.25) is 0 Å². The average Bonchev–Trinajstić information content (AvgIpc) is 2.29. The Morgan fingerprint density at radius 2 is 2.31 bits per heavy atom.